The van der Waals surface area contributed by atoms with Gasteiger partial charge in [0.2, 0.25) is 0 Å². The van der Waals surface area contributed by atoms with Gasteiger partial charge in [0.25, 0.3) is 5.91 Å². The Hall–Kier alpha value is -3.14. The molecule has 1 atom stereocenters. The number of hydrogen-bond donors (Lipinski definition) is 1. The summed E-state index contributed by atoms with van der Waals surface area (Å²) in [5.41, 5.74) is 3.52. The number of anilines is 2. The Morgan fingerprint density at radius 3 is 2.31 bits per heavy atom. The molecule has 1 unspecified atom stereocenters. The quantitative estimate of drug-likeness (QED) is 0.702. The molecule has 1 heterocycles. The fourth-order valence-corrected chi connectivity index (χ4v) is 2.93. The summed E-state index contributed by atoms with van der Waals surface area (Å²) in [5.74, 6) is -0.174. The molecule has 0 aliphatic heterocycles. The molecule has 1 N–H and O–H groups in total. The maximum atomic E-state index is 12.6. The van der Waals surface area contributed by atoms with Crippen LogP contribution in [-0.2, 0) is 0 Å². The molecule has 3 aromatic rings. The highest BCUT2D eigenvalue weighted by molar-refractivity contribution is 5.93. The van der Waals surface area contributed by atoms with Gasteiger partial charge in [0.05, 0.1) is 6.04 Å². The van der Waals surface area contributed by atoms with E-state index in [0.29, 0.717) is 5.69 Å². The maximum Gasteiger partial charge on any atom is 0.270 e. The van der Waals surface area contributed by atoms with Crippen molar-refractivity contribution in [3.8, 4) is 0 Å². The number of carbonyl (C=O) groups excluding carboxylic acids is 1. The first kappa shape index (κ1) is 17.7. The normalized spacial score (nSPS) is 11.6. The Labute approximate surface area is 154 Å². The van der Waals surface area contributed by atoms with Crippen molar-refractivity contribution in [2.24, 2.45) is 0 Å². The summed E-state index contributed by atoms with van der Waals surface area (Å²) >= 11 is 0. The second-order valence-corrected chi connectivity index (χ2v) is 6.08. The van der Waals surface area contributed by atoms with E-state index in [1.165, 1.54) is 0 Å². The van der Waals surface area contributed by atoms with Crippen molar-refractivity contribution >= 4 is 17.3 Å². The number of para-hydroxylation sites is 1. The van der Waals surface area contributed by atoms with E-state index in [4.69, 9.17) is 0 Å². The van der Waals surface area contributed by atoms with Crippen LogP contribution >= 0.6 is 0 Å². The summed E-state index contributed by atoms with van der Waals surface area (Å²) in [6.07, 6.45) is 1.68. The average molecular weight is 345 g/mol. The van der Waals surface area contributed by atoms with E-state index in [1.54, 1.807) is 6.20 Å². The van der Waals surface area contributed by atoms with Crippen LogP contribution in [0.15, 0.2) is 79.0 Å². The molecule has 0 saturated carbocycles. The maximum absolute atomic E-state index is 12.6. The van der Waals surface area contributed by atoms with Gasteiger partial charge in [-0.05, 0) is 43.7 Å². The van der Waals surface area contributed by atoms with E-state index < -0.39 is 0 Å². The number of rotatable bonds is 6. The van der Waals surface area contributed by atoms with Crippen molar-refractivity contribution < 1.29 is 4.79 Å². The van der Waals surface area contributed by atoms with Gasteiger partial charge < -0.3 is 10.2 Å². The van der Waals surface area contributed by atoms with E-state index >= 15 is 0 Å². The van der Waals surface area contributed by atoms with Crippen molar-refractivity contribution in [3.05, 3.63) is 90.3 Å². The summed E-state index contributed by atoms with van der Waals surface area (Å²) < 4.78 is 0. The molecule has 0 fully saturated rings. The summed E-state index contributed by atoms with van der Waals surface area (Å²) in [7, 11) is 0. The molecule has 26 heavy (non-hydrogen) atoms. The number of benzene rings is 2. The van der Waals surface area contributed by atoms with E-state index in [9.17, 15) is 4.79 Å². The predicted molar refractivity (Wildman–Crippen MR) is 106 cm³/mol. The second-order valence-electron chi connectivity index (χ2n) is 6.08. The summed E-state index contributed by atoms with van der Waals surface area (Å²) in [6, 6.07) is 23.7. The molecule has 4 heteroatoms. The van der Waals surface area contributed by atoms with Gasteiger partial charge in [0.1, 0.15) is 5.69 Å². The number of hydrogen-bond acceptors (Lipinski definition) is 3. The molecule has 0 saturated heterocycles. The molecule has 132 valence electrons. The third-order valence-electron chi connectivity index (χ3n) is 4.32. The molecule has 3 rings (SSSR count). The van der Waals surface area contributed by atoms with Crippen LogP contribution in [0, 0.1) is 0 Å². The molecule has 0 radical (unpaired) electrons. The Morgan fingerprint density at radius 2 is 1.65 bits per heavy atom. The van der Waals surface area contributed by atoms with Crippen LogP contribution < -0.4 is 10.2 Å². The summed E-state index contributed by atoms with van der Waals surface area (Å²) in [4.78, 5) is 19.0. The highest BCUT2D eigenvalue weighted by atomic mass is 16.1. The monoisotopic (exact) mass is 345 g/mol. The summed E-state index contributed by atoms with van der Waals surface area (Å²) in [6.45, 7) is 4.86. The fourth-order valence-electron chi connectivity index (χ4n) is 2.93. The van der Waals surface area contributed by atoms with Crippen molar-refractivity contribution in [2.45, 2.75) is 19.9 Å². The predicted octanol–water partition coefficient (Wildman–Crippen LogP) is 4.73. The van der Waals surface area contributed by atoms with Crippen LogP contribution in [0.2, 0.25) is 0 Å². The average Bonchev–Trinajstić information content (AvgIpc) is 2.70. The van der Waals surface area contributed by atoms with Gasteiger partial charge in [-0.3, -0.25) is 9.78 Å². The van der Waals surface area contributed by atoms with Crippen molar-refractivity contribution in [1.29, 1.82) is 0 Å². The van der Waals surface area contributed by atoms with Crippen molar-refractivity contribution in [2.75, 3.05) is 11.4 Å². The van der Waals surface area contributed by atoms with Gasteiger partial charge in [-0.2, -0.15) is 0 Å². The minimum absolute atomic E-state index is 0.0782. The van der Waals surface area contributed by atoms with Gasteiger partial charge in [-0.25, -0.2) is 0 Å². The fraction of sp³-hybridized carbons (Fsp3) is 0.182. The van der Waals surface area contributed by atoms with Gasteiger partial charge in [-0.1, -0.05) is 48.5 Å². The zero-order chi connectivity index (χ0) is 18.4. The first-order valence-corrected chi connectivity index (χ1v) is 8.83. The van der Waals surface area contributed by atoms with Gasteiger partial charge in [0, 0.05) is 24.1 Å². The van der Waals surface area contributed by atoms with E-state index in [0.717, 1.165) is 23.5 Å². The molecule has 1 aromatic heterocycles. The van der Waals surface area contributed by atoms with Crippen molar-refractivity contribution in [3.63, 3.8) is 0 Å². The van der Waals surface area contributed by atoms with Crippen LogP contribution in [0.25, 0.3) is 0 Å². The molecule has 0 bridgehead atoms. The van der Waals surface area contributed by atoms with E-state index in [2.05, 4.69) is 34.3 Å². The van der Waals surface area contributed by atoms with Gasteiger partial charge in [-0.15, -0.1) is 0 Å². The Kier molecular flexibility index (Phi) is 5.64. The molecule has 2 aromatic carbocycles. The topological polar surface area (TPSA) is 45.2 Å². The number of aromatic nitrogens is 1. The number of carbonyl (C=O) groups is 1. The lowest BCUT2D eigenvalue weighted by molar-refractivity contribution is 0.0935. The van der Waals surface area contributed by atoms with Crippen LogP contribution in [0.1, 0.15) is 35.9 Å². The Bertz CT molecular complexity index is 850. The Balaban J connectivity index is 1.79. The number of nitrogens with one attached hydrogen (secondary N) is 1. The zero-order valence-electron chi connectivity index (χ0n) is 15.1. The number of amides is 1. The molecule has 1 amide bonds. The second kappa shape index (κ2) is 8.30. The lowest BCUT2D eigenvalue weighted by Gasteiger charge is -2.23. The lowest BCUT2D eigenvalue weighted by atomic mass is 10.1. The largest absolute Gasteiger partial charge is 0.344 e. The van der Waals surface area contributed by atoms with Crippen LogP contribution in [-0.4, -0.2) is 17.4 Å². The molecular formula is C22H23N3O. The first-order chi connectivity index (χ1) is 12.7. The summed E-state index contributed by atoms with van der Waals surface area (Å²) in [5, 5.41) is 3.02. The molecule has 4 nitrogen and oxygen atoms in total. The third-order valence-corrected chi connectivity index (χ3v) is 4.32. The molecule has 0 aliphatic carbocycles. The smallest absolute Gasteiger partial charge is 0.270 e. The van der Waals surface area contributed by atoms with Crippen molar-refractivity contribution in [1.82, 2.24) is 10.3 Å². The SMILES string of the molecule is CCN(c1ccccc1)c1ccnc(C(=O)NC(C)c2ccccc2)c1. The number of pyridine rings is 1. The standard InChI is InChI=1S/C22H23N3O/c1-3-25(19-12-8-5-9-13-19)20-14-15-23-21(16-20)22(26)24-17(2)18-10-6-4-7-11-18/h4-17H,3H2,1-2H3,(H,24,26). The Morgan fingerprint density at radius 1 is 1.00 bits per heavy atom. The first-order valence-electron chi connectivity index (χ1n) is 8.83. The number of nitrogens with zero attached hydrogens (tertiary/aromatic N) is 2. The minimum atomic E-state index is -0.174. The third kappa shape index (κ3) is 4.09. The highest BCUT2D eigenvalue weighted by Gasteiger charge is 2.15. The zero-order valence-corrected chi connectivity index (χ0v) is 15.1. The van der Waals surface area contributed by atoms with Crippen LogP contribution in [0.4, 0.5) is 11.4 Å². The molecular weight excluding hydrogens is 322 g/mol. The van der Waals surface area contributed by atoms with E-state index in [1.807, 2.05) is 67.6 Å². The van der Waals surface area contributed by atoms with Gasteiger partial charge >= 0.3 is 0 Å². The van der Waals surface area contributed by atoms with Gasteiger partial charge in [0.15, 0.2) is 0 Å². The lowest BCUT2D eigenvalue weighted by Crippen LogP contribution is -2.27. The molecule has 0 aliphatic rings. The van der Waals surface area contributed by atoms with E-state index in [-0.39, 0.29) is 11.9 Å². The van der Waals surface area contributed by atoms with Crippen LogP contribution in [0.3, 0.4) is 0 Å². The highest BCUT2D eigenvalue weighted by Crippen LogP contribution is 2.25. The molecule has 0 spiro atoms. The van der Waals surface area contributed by atoms with Crippen LogP contribution in [0.5, 0.6) is 0 Å². The minimum Gasteiger partial charge on any atom is -0.344 e.